The van der Waals surface area contributed by atoms with Crippen molar-refractivity contribution in [2.45, 2.75) is 19.8 Å². The molecule has 0 aliphatic heterocycles. The Balaban J connectivity index is 1.97. The first-order valence-corrected chi connectivity index (χ1v) is 8.17. The molecule has 0 aliphatic rings. The second-order valence-corrected chi connectivity index (χ2v) is 5.64. The lowest BCUT2D eigenvalue weighted by molar-refractivity contribution is 0.0470. The predicted molar refractivity (Wildman–Crippen MR) is 92.9 cm³/mol. The number of carbonyl (C=O) groups is 2. The molecule has 0 radical (unpaired) electrons. The molecule has 0 unspecified atom stereocenters. The topological polar surface area (TPSA) is 52.6 Å². The second kappa shape index (κ2) is 9.08. The Morgan fingerprint density at radius 3 is 2.46 bits per heavy atom. The molecule has 0 atom stereocenters. The van der Waals surface area contributed by atoms with Crippen molar-refractivity contribution in [2.75, 3.05) is 13.2 Å². The maximum absolute atomic E-state index is 12.2. The number of ketones is 1. The summed E-state index contributed by atoms with van der Waals surface area (Å²) in [5.41, 5.74) is 0.761. The zero-order valence-electron chi connectivity index (χ0n) is 13.5. The van der Waals surface area contributed by atoms with Crippen molar-refractivity contribution >= 4 is 23.4 Å². The number of Topliss-reactive ketones (excluding diaryl/α,β-unsaturated/α-hetero) is 1. The van der Waals surface area contributed by atoms with Gasteiger partial charge in [0.1, 0.15) is 11.3 Å². The van der Waals surface area contributed by atoms with E-state index in [-0.39, 0.29) is 12.4 Å². The van der Waals surface area contributed by atoms with E-state index in [1.165, 1.54) is 0 Å². The van der Waals surface area contributed by atoms with Gasteiger partial charge in [-0.05, 0) is 42.8 Å². The van der Waals surface area contributed by atoms with Crippen LogP contribution in [-0.2, 0) is 4.74 Å². The molecule has 24 heavy (non-hydrogen) atoms. The van der Waals surface area contributed by atoms with E-state index in [1.807, 2.05) is 0 Å². The first-order chi connectivity index (χ1) is 11.6. The maximum atomic E-state index is 12.2. The van der Waals surface area contributed by atoms with Crippen LogP contribution in [0.25, 0.3) is 0 Å². The lowest BCUT2D eigenvalue weighted by atomic mass is 10.1. The van der Waals surface area contributed by atoms with E-state index in [9.17, 15) is 9.59 Å². The zero-order valence-corrected chi connectivity index (χ0v) is 14.2. The molecule has 2 aromatic rings. The minimum Gasteiger partial charge on any atom is -0.493 e. The molecule has 0 fully saturated rings. The fraction of sp³-hybridized carbons (Fsp3) is 0.263. The highest BCUT2D eigenvalue weighted by atomic mass is 35.5. The van der Waals surface area contributed by atoms with Gasteiger partial charge < -0.3 is 9.47 Å². The van der Waals surface area contributed by atoms with Crippen LogP contribution in [0.3, 0.4) is 0 Å². The third-order valence-electron chi connectivity index (χ3n) is 3.36. The number of carbonyl (C=O) groups excluding carboxylic acids is 2. The largest absolute Gasteiger partial charge is 0.493 e. The van der Waals surface area contributed by atoms with E-state index in [1.54, 1.807) is 48.5 Å². The van der Waals surface area contributed by atoms with Crippen LogP contribution in [0.15, 0.2) is 48.5 Å². The number of hydrogen-bond donors (Lipinski definition) is 0. The maximum Gasteiger partial charge on any atom is 0.342 e. The quantitative estimate of drug-likeness (QED) is 0.399. The van der Waals surface area contributed by atoms with Gasteiger partial charge in [-0.25, -0.2) is 4.79 Å². The van der Waals surface area contributed by atoms with Crippen LogP contribution in [0.2, 0.25) is 5.02 Å². The SMILES string of the molecule is CCCCOc1ccccc1C(=O)OCC(=O)c1ccc(Cl)cc1. The van der Waals surface area contributed by atoms with Crippen molar-refractivity contribution < 1.29 is 19.1 Å². The van der Waals surface area contributed by atoms with E-state index in [4.69, 9.17) is 21.1 Å². The van der Waals surface area contributed by atoms with E-state index in [2.05, 4.69) is 6.92 Å². The molecule has 0 amide bonds. The third-order valence-corrected chi connectivity index (χ3v) is 3.61. The monoisotopic (exact) mass is 346 g/mol. The Labute approximate surface area is 146 Å². The van der Waals surface area contributed by atoms with Gasteiger partial charge in [0, 0.05) is 10.6 Å². The predicted octanol–water partition coefficient (Wildman–Crippen LogP) is 4.56. The van der Waals surface area contributed by atoms with Gasteiger partial charge in [0.2, 0.25) is 0 Å². The summed E-state index contributed by atoms with van der Waals surface area (Å²) in [6, 6.07) is 13.3. The number of hydrogen-bond acceptors (Lipinski definition) is 4. The van der Waals surface area contributed by atoms with Crippen LogP contribution in [-0.4, -0.2) is 25.0 Å². The van der Waals surface area contributed by atoms with Crippen LogP contribution in [0.5, 0.6) is 5.75 Å². The molecule has 126 valence electrons. The van der Waals surface area contributed by atoms with Crippen molar-refractivity contribution in [1.29, 1.82) is 0 Å². The molecule has 5 heteroatoms. The number of benzene rings is 2. The molecule has 0 aromatic heterocycles. The third kappa shape index (κ3) is 5.10. The smallest absolute Gasteiger partial charge is 0.342 e. The van der Waals surface area contributed by atoms with Gasteiger partial charge in [0.15, 0.2) is 12.4 Å². The average Bonchev–Trinajstić information content (AvgIpc) is 2.60. The standard InChI is InChI=1S/C19H19ClO4/c1-2-3-12-23-18-7-5-4-6-16(18)19(22)24-13-17(21)14-8-10-15(20)11-9-14/h4-11H,2-3,12-13H2,1H3. The number of esters is 1. The summed E-state index contributed by atoms with van der Waals surface area (Å²) < 4.78 is 10.7. The molecule has 0 aliphatic carbocycles. The van der Waals surface area contributed by atoms with E-state index >= 15 is 0 Å². The zero-order chi connectivity index (χ0) is 17.4. The van der Waals surface area contributed by atoms with Crippen molar-refractivity contribution in [3.05, 3.63) is 64.7 Å². The molecule has 0 spiro atoms. The normalized spacial score (nSPS) is 10.2. The Morgan fingerprint density at radius 1 is 1.04 bits per heavy atom. The first kappa shape index (κ1) is 18.0. The fourth-order valence-corrected chi connectivity index (χ4v) is 2.14. The van der Waals surface area contributed by atoms with Crippen LogP contribution in [0, 0.1) is 0 Å². The van der Waals surface area contributed by atoms with Gasteiger partial charge in [0.25, 0.3) is 0 Å². The summed E-state index contributed by atoms with van der Waals surface area (Å²) in [5.74, 6) is -0.399. The lowest BCUT2D eigenvalue weighted by Crippen LogP contribution is -2.15. The van der Waals surface area contributed by atoms with Gasteiger partial charge in [-0.1, -0.05) is 37.1 Å². The Kier molecular flexibility index (Phi) is 6.82. The van der Waals surface area contributed by atoms with Crippen molar-refractivity contribution in [1.82, 2.24) is 0 Å². The molecule has 2 rings (SSSR count). The summed E-state index contributed by atoms with van der Waals surface area (Å²) in [4.78, 5) is 24.2. The molecule has 4 nitrogen and oxygen atoms in total. The number of rotatable bonds is 8. The summed E-state index contributed by atoms with van der Waals surface area (Å²) >= 11 is 5.78. The van der Waals surface area contributed by atoms with E-state index in [0.29, 0.717) is 28.5 Å². The van der Waals surface area contributed by atoms with Crippen LogP contribution in [0.1, 0.15) is 40.5 Å². The summed E-state index contributed by atoms with van der Waals surface area (Å²) in [6.45, 7) is 2.26. The highest BCUT2D eigenvalue weighted by Crippen LogP contribution is 2.19. The second-order valence-electron chi connectivity index (χ2n) is 5.20. The highest BCUT2D eigenvalue weighted by molar-refractivity contribution is 6.30. The molecule has 0 N–H and O–H groups in total. The minimum absolute atomic E-state index is 0.288. The van der Waals surface area contributed by atoms with Gasteiger partial charge in [-0.3, -0.25) is 4.79 Å². The molecule has 0 saturated carbocycles. The highest BCUT2D eigenvalue weighted by Gasteiger charge is 2.16. The van der Waals surface area contributed by atoms with E-state index < -0.39 is 5.97 Å². The van der Waals surface area contributed by atoms with Gasteiger partial charge in [-0.15, -0.1) is 0 Å². The van der Waals surface area contributed by atoms with Crippen LogP contribution in [0.4, 0.5) is 0 Å². The Hall–Kier alpha value is -2.33. The Morgan fingerprint density at radius 2 is 1.75 bits per heavy atom. The Bertz CT molecular complexity index is 695. The van der Waals surface area contributed by atoms with Crippen LogP contribution >= 0.6 is 11.6 Å². The van der Waals surface area contributed by atoms with Crippen molar-refractivity contribution in [3.63, 3.8) is 0 Å². The summed E-state index contributed by atoms with van der Waals surface area (Å²) in [6.07, 6.45) is 1.90. The van der Waals surface area contributed by atoms with Crippen LogP contribution < -0.4 is 4.74 Å². The molecule has 0 bridgehead atoms. The number of unbranched alkanes of at least 4 members (excludes halogenated alkanes) is 1. The molecule has 0 saturated heterocycles. The number of ether oxygens (including phenoxy) is 2. The first-order valence-electron chi connectivity index (χ1n) is 7.79. The fourth-order valence-electron chi connectivity index (χ4n) is 2.02. The average molecular weight is 347 g/mol. The molecular formula is C19H19ClO4. The lowest BCUT2D eigenvalue weighted by Gasteiger charge is -2.10. The van der Waals surface area contributed by atoms with E-state index in [0.717, 1.165) is 12.8 Å². The number of halogens is 1. The minimum atomic E-state index is -0.579. The molecular weight excluding hydrogens is 328 g/mol. The summed E-state index contributed by atoms with van der Waals surface area (Å²) in [5, 5.41) is 0.543. The number of para-hydroxylation sites is 1. The van der Waals surface area contributed by atoms with Gasteiger partial charge in [0.05, 0.1) is 6.61 Å². The van der Waals surface area contributed by atoms with Crippen molar-refractivity contribution in [2.24, 2.45) is 0 Å². The van der Waals surface area contributed by atoms with Gasteiger partial charge >= 0.3 is 5.97 Å². The molecule has 2 aromatic carbocycles. The van der Waals surface area contributed by atoms with Crippen molar-refractivity contribution in [3.8, 4) is 5.75 Å². The molecule has 0 heterocycles. The summed E-state index contributed by atoms with van der Waals surface area (Å²) in [7, 11) is 0. The van der Waals surface area contributed by atoms with Gasteiger partial charge in [-0.2, -0.15) is 0 Å².